The molecule has 2 saturated carbocycles. The molecule has 4 aliphatic rings. The van der Waals surface area contributed by atoms with Gasteiger partial charge in [0.15, 0.2) is 17.3 Å². The fourth-order valence-corrected chi connectivity index (χ4v) is 8.93. The van der Waals surface area contributed by atoms with E-state index in [2.05, 4.69) is 20.0 Å². The van der Waals surface area contributed by atoms with Gasteiger partial charge in [-0.1, -0.05) is 12.2 Å². The van der Waals surface area contributed by atoms with Gasteiger partial charge in [-0.3, -0.25) is 14.3 Å². The molecule has 284 valence electrons. The molecule has 0 bridgehead atoms. The van der Waals surface area contributed by atoms with Crippen molar-refractivity contribution in [1.82, 2.24) is 29.8 Å². The summed E-state index contributed by atoms with van der Waals surface area (Å²) >= 11 is 0.662. The van der Waals surface area contributed by atoms with E-state index in [1.165, 1.54) is 35.1 Å². The van der Waals surface area contributed by atoms with Crippen LogP contribution in [-0.4, -0.2) is 96.2 Å². The minimum absolute atomic E-state index is 0.0153. The van der Waals surface area contributed by atoms with Crippen LogP contribution in [0, 0.1) is 11.7 Å². The van der Waals surface area contributed by atoms with Crippen molar-refractivity contribution in [3.05, 3.63) is 47.2 Å². The van der Waals surface area contributed by atoms with Gasteiger partial charge in [0, 0.05) is 42.8 Å². The van der Waals surface area contributed by atoms with E-state index in [1.54, 1.807) is 13.1 Å². The highest BCUT2D eigenvalue weighted by atomic mass is 32.2. The van der Waals surface area contributed by atoms with Crippen molar-refractivity contribution in [1.29, 1.82) is 0 Å². The van der Waals surface area contributed by atoms with Gasteiger partial charge in [0.2, 0.25) is 15.9 Å². The van der Waals surface area contributed by atoms with E-state index < -0.39 is 68.5 Å². The average molecular weight is 781 g/mol. The molecular weight excluding hydrogens is 745 g/mol. The normalized spacial score (nSPS) is 26.0. The zero-order valence-electron chi connectivity index (χ0n) is 28.6. The van der Waals surface area contributed by atoms with Crippen molar-refractivity contribution in [2.75, 3.05) is 27.2 Å². The van der Waals surface area contributed by atoms with Gasteiger partial charge in [0.25, 0.3) is 5.91 Å². The van der Waals surface area contributed by atoms with Crippen LogP contribution in [0.2, 0.25) is 0 Å². The van der Waals surface area contributed by atoms with Crippen LogP contribution in [-0.2, 0) is 25.8 Å². The number of nitrogens with zero attached hydrogens (tertiary/aromatic N) is 4. The second kappa shape index (κ2) is 13.7. The molecule has 19 heteroatoms. The number of pyridine rings is 1. The molecule has 4 amide bonds. The molecule has 1 saturated heterocycles. The highest BCUT2D eigenvalue weighted by molar-refractivity contribution is 7.91. The van der Waals surface area contributed by atoms with Crippen molar-refractivity contribution in [2.45, 2.75) is 74.1 Å². The summed E-state index contributed by atoms with van der Waals surface area (Å²) in [7, 11) is -1.06. The molecule has 13 nitrogen and oxygen atoms in total. The zero-order valence-corrected chi connectivity index (χ0v) is 30.2. The number of likely N-dealkylation sites (N-methyl/N-ethyl adjacent to an activating group) is 1. The second-order valence-corrected chi connectivity index (χ2v) is 16.6. The Hall–Kier alpha value is -4.52. The summed E-state index contributed by atoms with van der Waals surface area (Å²) < 4.78 is 94.9. The molecule has 2 aliphatic carbocycles. The Labute approximate surface area is 305 Å². The van der Waals surface area contributed by atoms with Crippen LogP contribution in [0.15, 0.2) is 35.7 Å². The van der Waals surface area contributed by atoms with Crippen molar-refractivity contribution >= 4 is 50.1 Å². The van der Waals surface area contributed by atoms with Gasteiger partial charge < -0.3 is 24.6 Å². The van der Waals surface area contributed by atoms with Crippen LogP contribution in [0.4, 0.5) is 22.4 Å². The molecule has 0 spiro atoms. The molecule has 0 unspecified atom stereocenters. The van der Waals surface area contributed by atoms with Crippen molar-refractivity contribution in [2.24, 2.45) is 5.92 Å². The molecule has 4 heterocycles. The molecule has 4 atom stereocenters. The molecule has 0 radical (unpaired) electrons. The Balaban J connectivity index is 1.21. The zero-order chi connectivity index (χ0) is 37.9. The third-order valence-electron chi connectivity index (χ3n) is 9.99. The van der Waals surface area contributed by atoms with E-state index in [4.69, 9.17) is 9.47 Å². The van der Waals surface area contributed by atoms with Crippen molar-refractivity contribution < 1.29 is 49.8 Å². The van der Waals surface area contributed by atoms with Gasteiger partial charge >= 0.3 is 12.2 Å². The molecule has 2 N–H and O–H groups in total. The molecule has 2 aromatic heterocycles. The lowest BCUT2D eigenvalue weighted by Crippen LogP contribution is -2.57. The number of thiazole rings is 1. The summed E-state index contributed by atoms with van der Waals surface area (Å²) in [4.78, 5) is 52.2. The number of alkyl halides is 3. The van der Waals surface area contributed by atoms with Gasteiger partial charge in [-0.25, -0.2) is 27.6 Å². The standard InChI is InChI=1S/C34H36F4N6O7S2/c1-43-12-6-4-3-5-7-18-15-33(18,31(46)42-53(48,49)20-8-9-20)41-32(47)44-16-19(13-23(44)30(43)45)51-25-14-22(29-40-26(17-52-29)34(36,37)38)39-28-21(25)10-11-24(50-2)27(28)35/h5,7,10-11,14,17-20,23H,3-4,6,8-9,12-13,15-16H2,1-2H3,(H,41,47)(H,42,46)/b7-5-/t18-,19+,23+,33-/m1/s1. The monoisotopic (exact) mass is 780 g/mol. The van der Waals surface area contributed by atoms with Crippen LogP contribution in [0.1, 0.15) is 50.6 Å². The largest absolute Gasteiger partial charge is 0.494 e. The highest BCUT2D eigenvalue weighted by Crippen LogP contribution is 2.46. The first-order valence-corrected chi connectivity index (χ1v) is 19.5. The minimum Gasteiger partial charge on any atom is -0.494 e. The number of carbonyl (C=O) groups is 3. The number of hydrogen-bond acceptors (Lipinski definition) is 10. The summed E-state index contributed by atoms with van der Waals surface area (Å²) in [6.45, 7) is 0.230. The van der Waals surface area contributed by atoms with E-state index in [-0.39, 0.29) is 58.4 Å². The number of ether oxygens (including phenoxy) is 2. The molecule has 53 heavy (non-hydrogen) atoms. The number of allylic oxidation sites excluding steroid dienone is 1. The number of nitrogens with one attached hydrogen (secondary N) is 2. The number of halogens is 4. The Morgan fingerprint density at radius 1 is 1.15 bits per heavy atom. The fourth-order valence-electron chi connectivity index (χ4n) is 6.78. The van der Waals surface area contributed by atoms with Crippen molar-refractivity contribution in [3.63, 3.8) is 0 Å². The number of urea groups is 1. The lowest BCUT2D eigenvalue weighted by atomic mass is 10.1. The summed E-state index contributed by atoms with van der Waals surface area (Å²) in [5.41, 5.74) is -3.06. The number of hydrogen-bond donors (Lipinski definition) is 2. The maximum Gasteiger partial charge on any atom is 0.434 e. The predicted octanol–water partition coefficient (Wildman–Crippen LogP) is 4.62. The summed E-state index contributed by atoms with van der Waals surface area (Å²) in [5.74, 6) is -2.76. The quantitative estimate of drug-likeness (QED) is 0.258. The fraction of sp³-hybridized carbons (Fsp3) is 0.500. The van der Waals surface area contributed by atoms with Crippen LogP contribution in [0.3, 0.4) is 0 Å². The van der Waals surface area contributed by atoms with Gasteiger partial charge in [0.05, 0.1) is 18.9 Å². The summed E-state index contributed by atoms with van der Waals surface area (Å²) in [5, 5.41) is 2.91. The van der Waals surface area contributed by atoms with Crippen LogP contribution < -0.4 is 19.5 Å². The molecule has 7 rings (SSSR count). The first kappa shape index (κ1) is 36.8. The second-order valence-electron chi connectivity index (χ2n) is 13.7. The number of sulfonamides is 1. The number of fused-ring (bicyclic) bond motifs is 3. The molecule has 3 aromatic rings. The lowest BCUT2D eigenvalue weighted by molar-refractivity contribution is -0.140. The van der Waals surface area contributed by atoms with Crippen LogP contribution in [0.25, 0.3) is 21.6 Å². The van der Waals surface area contributed by atoms with Gasteiger partial charge in [0.1, 0.15) is 39.7 Å². The lowest BCUT2D eigenvalue weighted by Gasteiger charge is -2.30. The average Bonchev–Trinajstić information content (AvgIpc) is 3.98. The van der Waals surface area contributed by atoms with Gasteiger partial charge in [-0.2, -0.15) is 13.2 Å². The Bertz CT molecular complexity index is 2110. The first-order valence-electron chi connectivity index (χ1n) is 17.0. The number of carbonyl (C=O) groups excluding carboxylic acids is 3. The molecular formula is C34H36F4N6O7S2. The Morgan fingerprint density at radius 3 is 2.62 bits per heavy atom. The van der Waals surface area contributed by atoms with E-state index in [0.29, 0.717) is 43.6 Å². The van der Waals surface area contributed by atoms with E-state index >= 15 is 4.39 Å². The maximum atomic E-state index is 15.6. The van der Waals surface area contributed by atoms with Crippen LogP contribution >= 0.6 is 11.3 Å². The SMILES string of the molecule is COc1ccc2c(O[C@H]3C[C@H]4C(=O)N(C)CCCC/C=C\[C@@H]5C[C@@]5(C(=O)NS(=O)(=O)C5CC5)NC(=O)N4C3)cc(-c3nc(C(F)(F)F)cs3)nc2c1F. The highest BCUT2D eigenvalue weighted by Gasteiger charge is 2.62. The van der Waals surface area contributed by atoms with Gasteiger partial charge in [-0.15, -0.1) is 11.3 Å². The van der Waals surface area contributed by atoms with E-state index in [0.717, 1.165) is 11.8 Å². The third-order valence-corrected chi connectivity index (χ3v) is 12.7. The Morgan fingerprint density at radius 2 is 1.92 bits per heavy atom. The van der Waals surface area contributed by atoms with Crippen molar-refractivity contribution in [3.8, 4) is 22.2 Å². The third kappa shape index (κ3) is 7.24. The number of amides is 4. The van der Waals surface area contributed by atoms with Crippen LogP contribution in [0.5, 0.6) is 11.5 Å². The van der Waals surface area contributed by atoms with Gasteiger partial charge in [-0.05, 0) is 50.7 Å². The summed E-state index contributed by atoms with van der Waals surface area (Å²) in [6, 6.07) is 2.30. The Kier molecular flexibility index (Phi) is 9.53. The van der Waals surface area contributed by atoms with E-state index in [1.807, 2.05) is 6.08 Å². The predicted molar refractivity (Wildman–Crippen MR) is 184 cm³/mol. The molecule has 1 aromatic carbocycles. The topological polar surface area (TPSA) is 160 Å². The maximum absolute atomic E-state index is 15.6. The number of aromatic nitrogens is 2. The number of rotatable bonds is 7. The number of benzene rings is 1. The summed E-state index contributed by atoms with van der Waals surface area (Å²) in [6.07, 6.45) is 1.14. The smallest absolute Gasteiger partial charge is 0.434 e. The minimum atomic E-state index is -4.72. The van der Waals surface area contributed by atoms with E-state index in [9.17, 15) is 36.0 Å². The number of methoxy groups -OCH3 is 1. The molecule has 2 aliphatic heterocycles. The molecule has 3 fully saturated rings. The first-order chi connectivity index (χ1) is 25.1.